The molecule has 0 aliphatic carbocycles. The van der Waals surface area contributed by atoms with E-state index in [1.807, 2.05) is 19.1 Å². The Balaban J connectivity index is 2.01. The van der Waals surface area contributed by atoms with Gasteiger partial charge in [0.25, 0.3) is 11.6 Å². The molecule has 2 rings (SSSR count). The van der Waals surface area contributed by atoms with Crippen LogP contribution in [0, 0.1) is 10.1 Å². The zero-order valence-electron chi connectivity index (χ0n) is 16.0. The molecule has 0 spiro atoms. The Morgan fingerprint density at radius 1 is 1.10 bits per heavy atom. The summed E-state index contributed by atoms with van der Waals surface area (Å²) in [6.07, 6.45) is 0.976. The second kappa shape index (κ2) is 11.0. The molecule has 0 fully saturated rings. The van der Waals surface area contributed by atoms with Crippen LogP contribution < -0.4 is 16.0 Å². The normalized spacial score (nSPS) is 10.3. The third-order valence-corrected chi connectivity index (χ3v) is 4.46. The minimum atomic E-state index is -0.552. The van der Waals surface area contributed by atoms with Crippen LogP contribution in [0.1, 0.15) is 35.7 Å². The van der Waals surface area contributed by atoms with Gasteiger partial charge in [0.05, 0.1) is 4.92 Å². The third kappa shape index (κ3) is 6.76. The maximum Gasteiger partial charge on any atom is 0.293 e. The van der Waals surface area contributed by atoms with Gasteiger partial charge in [-0.25, -0.2) is 0 Å². The number of carbonyl (C=O) groups is 2. The van der Waals surface area contributed by atoms with Crippen molar-refractivity contribution in [3.05, 3.63) is 68.7 Å². The van der Waals surface area contributed by atoms with Crippen LogP contribution in [0.4, 0.5) is 11.4 Å². The minimum Gasteiger partial charge on any atom is -0.375 e. The van der Waals surface area contributed by atoms with Gasteiger partial charge >= 0.3 is 0 Å². The predicted octanol–water partition coefficient (Wildman–Crippen LogP) is 3.51. The van der Waals surface area contributed by atoms with E-state index in [9.17, 15) is 19.7 Å². The van der Waals surface area contributed by atoms with E-state index in [2.05, 4.69) is 16.0 Å². The molecule has 0 aromatic heterocycles. The van der Waals surface area contributed by atoms with Crippen molar-refractivity contribution in [3.8, 4) is 0 Å². The first-order valence-electron chi connectivity index (χ1n) is 9.23. The van der Waals surface area contributed by atoms with Gasteiger partial charge < -0.3 is 16.0 Å². The lowest BCUT2D eigenvalue weighted by molar-refractivity contribution is -0.384. The molecule has 0 unspecified atom stereocenters. The van der Waals surface area contributed by atoms with Crippen molar-refractivity contribution in [2.45, 2.75) is 26.3 Å². The van der Waals surface area contributed by atoms with E-state index < -0.39 is 10.8 Å². The number of halogens is 1. The average molecular weight is 419 g/mol. The number of nitrogens with zero attached hydrogens (tertiary/aromatic N) is 1. The van der Waals surface area contributed by atoms with Crippen molar-refractivity contribution in [1.29, 1.82) is 0 Å². The van der Waals surface area contributed by atoms with Crippen molar-refractivity contribution >= 4 is 34.8 Å². The molecule has 29 heavy (non-hydrogen) atoms. The fourth-order valence-electron chi connectivity index (χ4n) is 2.55. The van der Waals surface area contributed by atoms with Crippen LogP contribution in [0.25, 0.3) is 0 Å². The van der Waals surface area contributed by atoms with Crippen LogP contribution in [-0.4, -0.2) is 29.8 Å². The number of hydrogen-bond donors (Lipinski definition) is 3. The number of nitrogens with one attached hydrogen (secondary N) is 3. The summed E-state index contributed by atoms with van der Waals surface area (Å²) in [7, 11) is 0. The van der Waals surface area contributed by atoms with E-state index in [1.54, 1.807) is 12.1 Å². The first-order chi connectivity index (χ1) is 13.9. The van der Waals surface area contributed by atoms with E-state index in [-0.39, 0.29) is 35.8 Å². The Labute approximate surface area is 173 Å². The number of rotatable bonds is 10. The maximum atomic E-state index is 12.2. The number of benzene rings is 2. The Kier molecular flexibility index (Phi) is 8.42. The summed E-state index contributed by atoms with van der Waals surface area (Å²) in [6, 6.07) is 11.4. The lowest BCUT2D eigenvalue weighted by Crippen LogP contribution is -2.31. The van der Waals surface area contributed by atoms with Crippen molar-refractivity contribution in [1.82, 2.24) is 10.6 Å². The lowest BCUT2D eigenvalue weighted by atomic mass is 10.1. The van der Waals surface area contributed by atoms with Crippen LogP contribution in [0.3, 0.4) is 0 Å². The summed E-state index contributed by atoms with van der Waals surface area (Å²) in [6.45, 7) is 2.98. The van der Waals surface area contributed by atoms with Gasteiger partial charge in [-0.1, -0.05) is 36.7 Å². The average Bonchev–Trinajstić information content (AvgIpc) is 2.71. The van der Waals surface area contributed by atoms with Crippen molar-refractivity contribution in [3.63, 3.8) is 0 Å². The Morgan fingerprint density at radius 3 is 2.55 bits per heavy atom. The standard InChI is InChI=1S/C20H23ClN4O4/c1-2-10-22-19(26)9-11-23-20(27)14-7-8-17(18(12-14)25(28)29)24-13-15-5-3-4-6-16(15)21/h3-8,12,24H,2,9-11,13H2,1H3,(H,22,26)(H,23,27). The predicted molar refractivity (Wildman–Crippen MR) is 112 cm³/mol. The molecule has 0 atom stereocenters. The molecular formula is C20H23ClN4O4. The highest BCUT2D eigenvalue weighted by atomic mass is 35.5. The van der Waals surface area contributed by atoms with E-state index in [4.69, 9.17) is 11.6 Å². The fraction of sp³-hybridized carbons (Fsp3) is 0.300. The molecule has 8 nitrogen and oxygen atoms in total. The van der Waals surface area contributed by atoms with E-state index in [1.165, 1.54) is 18.2 Å². The van der Waals surface area contributed by atoms with Gasteiger partial charge in [-0.15, -0.1) is 0 Å². The highest BCUT2D eigenvalue weighted by Crippen LogP contribution is 2.27. The molecule has 0 heterocycles. The van der Waals surface area contributed by atoms with E-state index in [0.29, 0.717) is 18.1 Å². The highest BCUT2D eigenvalue weighted by molar-refractivity contribution is 6.31. The summed E-state index contributed by atoms with van der Waals surface area (Å²) in [4.78, 5) is 34.7. The molecule has 2 aromatic rings. The molecule has 0 aliphatic heterocycles. The molecule has 9 heteroatoms. The smallest absolute Gasteiger partial charge is 0.293 e. The van der Waals surface area contributed by atoms with Crippen LogP contribution in [0.15, 0.2) is 42.5 Å². The molecule has 0 saturated carbocycles. The molecule has 0 aliphatic rings. The van der Waals surface area contributed by atoms with Gasteiger partial charge in [0.1, 0.15) is 5.69 Å². The SMILES string of the molecule is CCCNC(=O)CCNC(=O)c1ccc(NCc2ccccc2Cl)c([N+](=O)[O-])c1. The number of amides is 2. The summed E-state index contributed by atoms with van der Waals surface area (Å²) in [5.41, 5.74) is 1.01. The molecule has 0 bridgehead atoms. The van der Waals surface area contributed by atoms with E-state index in [0.717, 1.165) is 12.0 Å². The molecule has 3 N–H and O–H groups in total. The highest BCUT2D eigenvalue weighted by Gasteiger charge is 2.18. The van der Waals surface area contributed by atoms with Crippen molar-refractivity contribution in [2.24, 2.45) is 0 Å². The first kappa shape index (κ1) is 22.2. The topological polar surface area (TPSA) is 113 Å². The van der Waals surface area contributed by atoms with Gasteiger partial charge in [-0.05, 0) is 30.2 Å². The number of carbonyl (C=O) groups excluding carboxylic acids is 2. The monoisotopic (exact) mass is 418 g/mol. The summed E-state index contributed by atoms with van der Waals surface area (Å²) >= 11 is 6.10. The fourth-order valence-corrected chi connectivity index (χ4v) is 2.75. The van der Waals surface area contributed by atoms with Gasteiger partial charge in [-0.3, -0.25) is 19.7 Å². The van der Waals surface area contributed by atoms with Crippen LogP contribution in [0.5, 0.6) is 0 Å². The van der Waals surface area contributed by atoms with Crippen LogP contribution >= 0.6 is 11.6 Å². The summed E-state index contributed by atoms with van der Waals surface area (Å²) < 4.78 is 0. The largest absolute Gasteiger partial charge is 0.375 e. The second-order valence-corrected chi connectivity index (χ2v) is 6.70. The Hall–Kier alpha value is -3.13. The van der Waals surface area contributed by atoms with Gasteiger partial charge in [0.15, 0.2) is 0 Å². The first-order valence-corrected chi connectivity index (χ1v) is 9.60. The lowest BCUT2D eigenvalue weighted by Gasteiger charge is -2.10. The maximum absolute atomic E-state index is 12.2. The van der Waals surface area contributed by atoms with Gasteiger partial charge in [0.2, 0.25) is 5.91 Å². The van der Waals surface area contributed by atoms with Gasteiger partial charge in [-0.2, -0.15) is 0 Å². The zero-order chi connectivity index (χ0) is 21.2. The number of nitro benzene ring substituents is 1. The summed E-state index contributed by atoms with van der Waals surface area (Å²) in [5, 5.41) is 20.3. The minimum absolute atomic E-state index is 0.144. The Bertz CT molecular complexity index is 889. The number of nitro groups is 1. The molecule has 2 amide bonds. The quantitative estimate of drug-likeness (QED) is 0.403. The molecular weight excluding hydrogens is 396 g/mol. The second-order valence-electron chi connectivity index (χ2n) is 6.29. The molecule has 154 valence electrons. The molecule has 0 radical (unpaired) electrons. The van der Waals surface area contributed by atoms with Gasteiger partial charge in [0, 0.05) is 42.7 Å². The van der Waals surface area contributed by atoms with Crippen molar-refractivity contribution < 1.29 is 14.5 Å². The van der Waals surface area contributed by atoms with Crippen molar-refractivity contribution in [2.75, 3.05) is 18.4 Å². The van der Waals surface area contributed by atoms with Crippen LogP contribution in [-0.2, 0) is 11.3 Å². The molecule has 0 saturated heterocycles. The third-order valence-electron chi connectivity index (χ3n) is 4.09. The zero-order valence-corrected chi connectivity index (χ0v) is 16.8. The number of hydrogen-bond acceptors (Lipinski definition) is 5. The summed E-state index contributed by atoms with van der Waals surface area (Å²) in [5.74, 6) is -0.633. The Morgan fingerprint density at radius 2 is 1.86 bits per heavy atom. The molecule has 2 aromatic carbocycles. The van der Waals surface area contributed by atoms with E-state index >= 15 is 0 Å². The van der Waals surface area contributed by atoms with Crippen LogP contribution in [0.2, 0.25) is 5.02 Å². The number of anilines is 1.